The van der Waals surface area contributed by atoms with Crippen molar-refractivity contribution in [3.8, 4) is 39.1 Å². The van der Waals surface area contributed by atoms with Crippen LogP contribution in [0.5, 0.6) is 5.75 Å². The molecule has 3 heteroatoms. The standard InChI is InChI=1S/C32H22BO2/c34-33-35-30-20-28(19-29(21-30)32-11-5-9-25-7-3-4-10-31(25)32)24-14-12-23(13-15-24)27-17-16-22-6-1-2-8-26(22)18-27/h1-21,34H. The van der Waals surface area contributed by atoms with Crippen molar-refractivity contribution in [1.82, 2.24) is 0 Å². The first-order valence-electron chi connectivity index (χ1n) is 11.6. The second-order valence-corrected chi connectivity index (χ2v) is 8.64. The smallest absolute Gasteiger partial charge is 0.537 e. The lowest BCUT2D eigenvalue weighted by Gasteiger charge is -2.13. The van der Waals surface area contributed by atoms with E-state index >= 15 is 0 Å². The fourth-order valence-corrected chi connectivity index (χ4v) is 4.75. The van der Waals surface area contributed by atoms with Gasteiger partial charge in [-0.05, 0) is 79.2 Å². The minimum absolute atomic E-state index is 0.589. The van der Waals surface area contributed by atoms with Crippen LogP contribution in [0.4, 0.5) is 0 Å². The van der Waals surface area contributed by atoms with Gasteiger partial charge in [0.2, 0.25) is 0 Å². The maximum atomic E-state index is 9.30. The van der Waals surface area contributed by atoms with Gasteiger partial charge < -0.3 is 9.68 Å². The van der Waals surface area contributed by atoms with Crippen LogP contribution in [-0.2, 0) is 0 Å². The highest BCUT2D eigenvalue weighted by Gasteiger charge is 2.10. The van der Waals surface area contributed by atoms with E-state index in [2.05, 4.69) is 115 Å². The molecule has 0 bridgehead atoms. The van der Waals surface area contributed by atoms with E-state index < -0.39 is 0 Å². The molecule has 0 heterocycles. The quantitative estimate of drug-likeness (QED) is 0.271. The molecule has 0 aliphatic carbocycles. The molecule has 0 unspecified atom stereocenters. The van der Waals surface area contributed by atoms with Crippen molar-refractivity contribution >= 4 is 29.2 Å². The number of fused-ring (bicyclic) bond motifs is 2. The van der Waals surface area contributed by atoms with E-state index in [1.165, 1.54) is 32.7 Å². The van der Waals surface area contributed by atoms with E-state index in [1.807, 2.05) is 12.1 Å². The normalized spacial score (nSPS) is 11.0. The summed E-state index contributed by atoms with van der Waals surface area (Å²) in [4.78, 5) is 0. The Hall–Kier alpha value is -4.34. The van der Waals surface area contributed by atoms with Gasteiger partial charge in [-0.2, -0.15) is 0 Å². The van der Waals surface area contributed by atoms with Gasteiger partial charge in [-0.1, -0.05) is 103 Å². The Morgan fingerprint density at radius 2 is 1.09 bits per heavy atom. The predicted molar refractivity (Wildman–Crippen MR) is 146 cm³/mol. The highest BCUT2D eigenvalue weighted by Crippen LogP contribution is 2.36. The fraction of sp³-hybridized carbons (Fsp3) is 0. The molecule has 1 N–H and O–H groups in total. The summed E-state index contributed by atoms with van der Waals surface area (Å²) in [6, 6.07) is 44.3. The molecule has 6 aromatic carbocycles. The molecule has 0 amide bonds. The van der Waals surface area contributed by atoms with Gasteiger partial charge in [0.1, 0.15) is 5.75 Å². The van der Waals surface area contributed by atoms with Crippen LogP contribution in [0, 0.1) is 0 Å². The van der Waals surface area contributed by atoms with Crippen LogP contribution in [0.3, 0.4) is 0 Å². The maximum absolute atomic E-state index is 9.30. The summed E-state index contributed by atoms with van der Waals surface area (Å²) in [5, 5.41) is 14.1. The summed E-state index contributed by atoms with van der Waals surface area (Å²) in [5.74, 6) is 0.589. The molecular formula is C32H22BO2. The van der Waals surface area contributed by atoms with E-state index in [-0.39, 0.29) is 0 Å². The number of hydrogen-bond acceptors (Lipinski definition) is 2. The molecule has 0 aliphatic heterocycles. The topological polar surface area (TPSA) is 29.5 Å². The van der Waals surface area contributed by atoms with E-state index in [4.69, 9.17) is 4.65 Å². The number of hydrogen-bond donors (Lipinski definition) is 1. The average Bonchev–Trinajstić information content (AvgIpc) is 2.92. The van der Waals surface area contributed by atoms with Gasteiger partial charge in [0.05, 0.1) is 0 Å². The number of benzene rings is 6. The minimum atomic E-state index is 0.589. The van der Waals surface area contributed by atoms with Gasteiger partial charge in [0, 0.05) is 0 Å². The first-order valence-corrected chi connectivity index (χ1v) is 11.6. The molecule has 2 nitrogen and oxygen atoms in total. The maximum Gasteiger partial charge on any atom is 0.569 e. The molecule has 165 valence electrons. The van der Waals surface area contributed by atoms with Gasteiger partial charge in [0.15, 0.2) is 0 Å². The second kappa shape index (κ2) is 9.13. The first-order chi connectivity index (χ1) is 17.3. The molecule has 6 rings (SSSR count). The molecule has 0 saturated heterocycles. The van der Waals surface area contributed by atoms with Crippen LogP contribution in [0.1, 0.15) is 0 Å². The third-order valence-corrected chi connectivity index (χ3v) is 6.50. The van der Waals surface area contributed by atoms with Crippen molar-refractivity contribution in [3.63, 3.8) is 0 Å². The highest BCUT2D eigenvalue weighted by molar-refractivity contribution is 6.17. The lowest BCUT2D eigenvalue weighted by molar-refractivity contribution is 0.454. The molecule has 0 aliphatic rings. The van der Waals surface area contributed by atoms with Crippen LogP contribution in [0.2, 0.25) is 0 Å². The van der Waals surface area contributed by atoms with E-state index in [0.29, 0.717) is 5.75 Å². The van der Waals surface area contributed by atoms with Crippen LogP contribution >= 0.6 is 0 Å². The predicted octanol–water partition coefficient (Wildman–Crippen LogP) is 7.90. The summed E-state index contributed by atoms with van der Waals surface area (Å²) in [5.41, 5.74) is 6.63. The SMILES string of the molecule is O[B]Oc1cc(-c2ccc(-c3ccc4ccccc4c3)cc2)cc(-c2cccc3ccccc23)c1. The van der Waals surface area contributed by atoms with Gasteiger partial charge in [-0.25, -0.2) is 0 Å². The summed E-state index contributed by atoms with van der Waals surface area (Å²) in [6.07, 6.45) is 0. The Balaban J connectivity index is 1.41. The fourth-order valence-electron chi connectivity index (χ4n) is 4.75. The van der Waals surface area contributed by atoms with Gasteiger partial charge in [0.25, 0.3) is 0 Å². The zero-order chi connectivity index (χ0) is 23.6. The lowest BCUT2D eigenvalue weighted by Crippen LogP contribution is -2.00. The molecule has 0 aromatic heterocycles. The third-order valence-electron chi connectivity index (χ3n) is 6.50. The molecule has 6 aromatic rings. The van der Waals surface area contributed by atoms with Crippen molar-refractivity contribution in [1.29, 1.82) is 0 Å². The van der Waals surface area contributed by atoms with Gasteiger partial charge >= 0.3 is 7.69 Å². The summed E-state index contributed by atoms with van der Waals surface area (Å²) in [6.45, 7) is 0. The summed E-state index contributed by atoms with van der Waals surface area (Å²) in [7, 11) is 0.731. The Bertz CT molecular complexity index is 1650. The van der Waals surface area contributed by atoms with Crippen molar-refractivity contribution < 1.29 is 9.68 Å². The van der Waals surface area contributed by atoms with Gasteiger partial charge in [-0.15, -0.1) is 0 Å². The number of rotatable bonds is 5. The van der Waals surface area contributed by atoms with Gasteiger partial charge in [-0.3, -0.25) is 0 Å². The Morgan fingerprint density at radius 3 is 1.89 bits per heavy atom. The lowest BCUT2D eigenvalue weighted by atomic mass is 9.94. The summed E-state index contributed by atoms with van der Waals surface area (Å²) < 4.78 is 5.41. The molecular weight excluding hydrogens is 427 g/mol. The first kappa shape index (κ1) is 21.2. The third kappa shape index (κ3) is 4.18. The Labute approximate surface area is 205 Å². The van der Waals surface area contributed by atoms with E-state index in [9.17, 15) is 5.02 Å². The van der Waals surface area contributed by atoms with Crippen molar-refractivity contribution in [2.75, 3.05) is 0 Å². The van der Waals surface area contributed by atoms with Crippen LogP contribution < -0.4 is 4.65 Å². The minimum Gasteiger partial charge on any atom is -0.537 e. The summed E-state index contributed by atoms with van der Waals surface area (Å²) >= 11 is 0. The van der Waals surface area contributed by atoms with Crippen molar-refractivity contribution in [2.24, 2.45) is 0 Å². The molecule has 0 fully saturated rings. The molecule has 0 spiro atoms. The van der Waals surface area contributed by atoms with E-state index in [0.717, 1.165) is 29.9 Å². The molecule has 1 radical (unpaired) electrons. The zero-order valence-electron chi connectivity index (χ0n) is 19.1. The second-order valence-electron chi connectivity index (χ2n) is 8.64. The monoisotopic (exact) mass is 449 g/mol. The van der Waals surface area contributed by atoms with Crippen LogP contribution in [-0.4, -0.2) is 12.7 Å². The van der Waals surface area contributed by atoms with Crippen molar-refractivity contribution in [3.05, 3.63) is 127 Å². The highest BCUT2D eigenvalue weighted by atomic mass is 16.5. The Kier molecular flexibility index (Phi) is 5.54. The van der Waals surface area contributed by atoms with Crippen molar-refractivity contribution in [2.45, 2.75) is 0 Å². The van der Waals surface area contributed by atoms with E-state index in [1.54, 1.807) is 0 Å². The average molecular weight is 449 g/mol. The van der Waals surface area contributed by atoms with Crippen LogP contribution in [0.25, 0.3) is 54.9 Å². The molecule has 0 atom stereocenters. The molecule has 0 saturated carbocycles. The Morgan fingerprint density at radius 1 is 0.457 bits per heavy atom. The molecule has 35 heavy (non-hydrogen) atoms. The van der Waals surface area contributed by atoms with Crippen LogP contribution in [0.15, 0.2) is 127 Å². The zero-order valence-corrected chi connectivity index (χ0v) is 19.1. The largest absolute Gasteiger partial charge is 0.569 e.